The van der Waals surface area contributed by atoms with Crippen LogP contribution in [0, 0.1) is 0 Å². The quantitative estimate of drug-likeness (QED) is 0.642. The van der Waals surface area contributed by atoms with Crippen LogP contribution in [0.15, 0.2) is 60.7 Å². The van der Waals surface area contributed by atoms with Crippen molar-refractivity contribution >= 4 is 11.4 Å². The van der Waals surface area contributed by atoms with E-state index < -0.39 is 0 Å². The van der Waals surface area contributed by atoms with Gasteiger partial charge in [0, 0.05) is 47.7 Å². The third kappa shape index (κ3) is 3.45. The van der Waals surface area contributed by atoms with Gasteiger partial charge in [-0.25, -0.2) is 0 Å². The number of ether oxygens (including phenoxy) is 4. The normalized spacial score (nSPS) is 14.9. The van der Waals surface area contributed by atoms with Gasteiger partial charge in [0.15, 0.2) is 13.5 Å². The van der Waals surface area contributed by atoms with E-state index in [0.29, 0.717) is 13.5 Å². The molecule has 0 radical (unpaired) electrons. The standard InChI is InChI=1S/C24H24N2O4/c1-27-21-9-3-17-13-25(15-29-23(17)11-21)19-5-7-20(8-6-19)26-14-18-4-10-22(28-2)12-24(18)30-16-26/h3-12H,13-16H2,1-2H3. The predicted octanol–water partition coefficient (Wildman–Crippen LogP) is 4.42. The number of fused-ring (bicyclic) bond motifs is 2. The van der Waals surface area contributed by atoms with Crippen molar-refractivity contribution in [2.45, 2.75) is 13.1 Å². The average molecular weight is 404 g/mol. The minimum atomic E-state index is 0.515. The van der Waals surface area contributed by atoms with Gasteiger partial charge in [-0.05, 0) is 48.5 Å². The fraction of sp³-hybridized carbons (Fsp3) is 0.250. The first-order valence-electron chi connectivity index (χ1n) is 9.93. The van der Waals surface area contributed by atoms with Crippen LogP contribution in [0.25, 0.3) is 0 Å². The Morgan fingerprint density at radius 2 is 1.07 bits per heavy atom. The summed E-state index contributed by atoms with van der Waals surface area (Å²) in [5.41, 5.74) is 4.57. The topological polar surface area (TPSA) is 43.4 Å². The molecule has 30 heavy (non-hydrogen) atoms. The molecule has 154 valence electrons. The van der Waals surface area contributed by atoms with Crippen molar-refractivity contribution in [2.75, 3.05) is 37.5 Å². The van der Waals surface area contributed by atoms with Crippen molar-refractivity contribution < 1.29 is 18.9 Å². The zero-order chi connectivity index (χ0) is 20.5. The molecule has 0 N–H and O–H groups in total. The molecule has 6 heteroatoms. The predicted molar refractivity (Wildman–Crippen MR) is 116 cm³/mol. The van der Waals surface area contributed by atoms with E-state index in [-0.39, 0.29) is 0 Å². The maximum Gasteiger partial charge on any atom is 0.161 e. The highest BCUT2D eigenvalue weighted by atomic mass is 16.5. The third-order valence-corrected chi connectivity index (χ3v) is 5.60. The van der Waals surface area contributed by atoms with E-state index in [0.717, 1.165) is 58.6 Å². The van der Waals surface area contributed by atoms with Gasteiger partial charge in [0.2, 0.25) is 0 Å². The monoisotopic (exact) mass is 404 g/mol. The second kappa shape index (κ2) is 7.71. The number of nitrogens with zero attached hydrogens (tertiary/aromatic N) is 2. The van der Waals surface area contributed by atoms with Gasteiger partial charge in [-0.2, -0.15) is 0 Å². The molecule has 3 aromatic carbocycles. The summed E-state index contributed by atoms with van der Waals surface area (Å²) in [4.78, 5) is 4.43. The second-order valence-corrected chi connectivity index (χ2v) is 7.41. The Labute approximate surface area is 176 Å². The highest BCUT2D eigenvalue weighted by molar-refractivity contribution is 5.59. The second-order valence-electron chi connectivity index (χ2n) is 7.41. The maximum absolute atomic E-state index is 5.94. The molecule has 0 unspecified atom stereocenters. The van der Waals surface area contributed by atoms with Crippen LogP contribution in [-0.4, -0.2) is 27.7 Å². The lowest BCUT2D eigenvalue weighted by atomic mass is 10.1. The summed E-state index contributed by atoms with van der Waals surface area (Å²) in [6.45, 7) is 2.64. The van der Waals surface area contributed by atoms with Crippen molar-refractivity contribution in [3.05, 3.63) is 71.8 Å². The molecule has 5 rings (SSSR count). The molecule has 0 bridgehead atoms. The van der Waals surface area contributed by atoms with Crippen molar-refractivity contribution in [3.8, 4) is 23.0 Å². The minimum absolute atomic E-state index is 0.515. The zero-order valence-electron chi connectivity index (χ0n) is 17.1. The Morgan fingerprint density at radius 1 is 0.633 bits per heavy atom. The summed E-state index contributed by atoms with van der Waals surface area (Å²) in [5.74, 6) is 3.41. The van der Waals surface area contributed by atoms with Crippen LogP contribution in [0.2, 0.25) is 0 Å². The Kier molecular flexibility index (Phi) is 4.75. The summed E-state index contributed by atoms with van der Waals surface area (Å²) >= 11 is 0. The largest absolute Gasteiger partial charge is 0.497 e. The van der Waals surface area contributed by atoms with Gasteiger partial charge in [-0.15, -0.1) is 0 Å². The van der Waals surface area contributed by atoms with Crippen LogP contribution in [0.1, 0.15) is 11.1 Å². The Bertz CT molecular complexity index is 967. The zero-order valence-corrected chi connectivity index (χ0v) is 17.1. The highest BCUT2D eigenvalue weighted by Gasteiger charge is 2.21. The lowest BCUT2D eigenvalue weighted by Crippen LogP contribution is -2.33. The third-order valence-electron chi connectivity index (χ3n) is 5.60. The number of methoxy groups -OCH3 is 2. The molecule has 0 spiro atoms. The molecule has 0 atom stereocenters. The number of hydrogen-bond acceptors (Lipinski definition) is 6. The molecule has 0 saturated heterocycles. The van der Waals surface area contributed by atoms with Crippen LogP contribution in [0.3, 0.4) is 0 Å². The van der Waals surface area contributed by atoms with Crippen LogP contribution in [-0.2, 0) is 13.1 Å². The van der Waals surface area contributed by atoms with Gasteiger partial charge >= 0.3 is 0 Å². The van der Waals surface area contributed by atoms with Gasteiger partial charge in [0.25, 0.3) is 0 Å². The van der Waals surface area contributed by atoms with Crippen LogP contribution in [0.4, 0.5) is 11.4 Å². The summed E-state index contributed by atoms with van der Waals surface area (Å²) in [6, 6.07) is 20.5. The van der Waals surface area contributed by atoms with Gasteiger partial charge < -0.3 is 28.7 Å². The number of rotatable bonds is 4. The maximum atomic E-state index is 5.94. The first-order valence-corrected chi connectivity index (χ1v) is 9.93. The van der Waals surface area contributed by atoms with Crippen molar-refractivity contribution in [1.82, 2.24) is 0 Å². The molecule has 6 nitrogen and oxygen atoms in total. The fourth-order valence-corrected chi connectivity index (χ4v) is 3.86. The van der Waals surface area contributed by atoms with Crippen LogP contribution < -0.4 is 28.7 Å². The van der Waals surface area contributed by atoms with Gasteiger partial charge in [-0.3, -0.25) is 0 Å². The van der Waals surface area contributed by atoms with E-state index in [1.807, 2.05) is 24.3 Å². The van der Waals surface area contributed by atoms with E-state index in [1.165, 1.54) is 0 Å². The molecule has 3 aromatic rings. The highest BCUT2D eigenvalue weighted by Crippen LogP contribution is 2.34. The Hall–Kier alpha value is -3.54. The first kappa shape index (κ1) is 18.5. The minimum Gasteiger partial charge on any atom is -0.497 e. The first-order chi connectivity index (χ1) is 14.7. The molecule has 0 amide bonds. The van der Waals surface area contributed by atoms with Gasteiger partial charge in [0.1, 0.15) is 23.0 Å². The molecule has 2 aliphatic rings. The number of hydrogen-bond donors (Lipinski definition) is 0. The lowest BCUT2D eigenvalue weighted by Gasteiger charge is -2.33. The number of benzene rings is 3. The van der Waals surface area contributed by atoms with Gasteiger partial charge in [-0.1, -0.05) is 0 Å². The molecule has 0 saturated carbocycles. The summed E-state index contributed by atoms with van der Waals surface area (Å²) in [6.07, 6.45) is 0. The summed E-state index contributed by atoms with van der Waals surface area (Å²) in [5, 5.41) is 0. The van der Waals surface area contributed by atoms with E-state index in [2.05, 4.69) is 46.2 Å². The molecule has 0 aromatic heterocycles. The fourth-order valence-electron chi connectivity index (χ4n) is 3.86. The molecule has 0 aliphatic carbocycles. The molecule has 2 aliphatic heterocycles. The van der Waals surface area contributed by atoms with Crippen LogP contribution in [0.5, 0.6) is 23.0 Å². The summed E-state index contributed by atoms with van der Waals surface area (Å²) < 4.78 is 22.4. The van der Waals surface area contributed by atoms with Crippen LogP contribution >= 0.6 is 0 Å². The molecular weight excluding hydrogens is 380 g/mol. The molecule has 2 heterocycles. The smallest absolute Gasteiger partial charge is 0.161 e. The average Bonchev–Trinajstić information content (AvgIpc) is 2.82. The molecular formula is C24H24N2O4. The van der Waals surface area contributed by atoms with Crippen molar-refractivity contribution in [2.24, 2.45) is 0 Å². The van der Waals surface area contributed by atoms with E-state index in [9.17, 15) is 0 Å². The van der Waals surface area contributed by atoms with E-state index in [4.69, 9.17) is 18.9 Å². The molecule has 0 fully saturated rings. The Morgan fingerprint density at radius 3 is 1.47 bits per heavy atom. The van der Waals surface area contributed by atoms with E-state index >= 15 is 0 Å². The van der Waals surface area contributed by atoms with E-state index in [1.54, 1.807) is 14.2 Å². The van der Waals surface area contributed by atoms with Crippen molar-refractivity contribution in [3.63, 3.8) is 0 Å². The lowest BCUT2D eigenvalue weighted by molar-refractivity contribution is 0.286. The summed E-state index contributed by atoms with van der Waals surface area (Å²) in [7, 11) is 3.34. The SMILES string of the molecule is COc1ccc2c(c1)OCN(c1ccc(N3COc4cc(OC)ccc4C3)cc1)C2. The van der Waals surface area contributed by atoms with Crippen molar-refractivity contribution in [1.29, 1.82) is 0 Å². The number of anilines is 2. The Balaban J connectivity index is 1.29. The van der Waals surface area contributed by atoms with Gasteiger partial charge in [0.05, 0.1) is 14.2 Å².